The molecule has 0 saturated heterocycles. The highest BCUT2D eigenvalue weighted by molar-refractivity contribution is 5.92. The monoisotopic (exact) mass is 765 g/mol. The minimum atomic E-state index is 0.912. The topological polar surface area (TPSA) is 38.7 Å². The lowest BCUT2D eigenvalue weighted by molar-refractivity contribution is 1.31. The van der Waals surface area contributed by atoms with Crippen molar-refractivity contribution in [2.24, 2.45) is 0 Å². The maximum Gasteiger partial charge on any atom is 0.0715 e. The third-order valence-corrected chi connectivity index (χ3v) is 10.9. The Kier molecular flexibility index (Phi) is 9.97. The Bertz CT molecular complexity index is 2870. The van der Waals surface area contributed by atoms with Crippen LogP contribution in [-0.4, -0.2) is 15.0 Å². The van der Waals surface area contributed by atoms with Crippen molar-refractivity contribution in [1.29, 1.82) is 0 Å². The van der Waals surface area contributed by atoms with Gasteiger partial charge in [-0.1, -0.05) is 194 Å². The van der Waals surface area contributed by atoms with Crippen LogP contribution in [0.15, 0.2) is 237 Å². The molecule has 10 aromatic rings. The number of pyridine rings is 3. The molecule has 0 unspecified atom stereocenters. The number of hydrogen-bond acceptors (Lipinski definition) is 3. The average Bonchev–Trinajstić information content (AvgIpc) is 3.35. The van der Waals surface area contributed by atoms with Crippen molar-refractivity contribution >= 4 is 0 Å². The molecule has 60 heavy (non-hydrogen) atoms. The van der Waals surface area contributed by atoms with Crippen LogP contribution in [0, 0.1) is 0 Å². The van der Waals surface area contributed by atoms with Crippen LogP contribution in [0.4, 0.5) is 0 Å². The fourth-order valence-corrected chi connectivity index (χ4v) is 7.82. The molecular weight excluding hydrogens is 727 g/mol. The Hall–Kier alpha value is -8.01. The molecule has 0 aliphatic heterocycles. The Morgan fingerprint density at radius 2 is 0.417 bits per heavy atom. The molecule has 3 heteroatoms. The Morgan fingerprint density at radius 3 is 0.700 bits per heavy atom. The van der Waals surface area contributed by atoms with Crippen molar-refractivity contribution in [3.8, 4) is 101 Å². The van der Waals surface area contributed by atoms with E-state index in [2.05, 4.69) is 200 Å². The van der Waals surface area contributed by atoms with E-state index in [-0.39, 0.29) is 0 Å². The van der Waals surface area contributed by atoms with Gasteiger partial charge in [0, 0.05) is 33.4 Å². The van der Waals surface area contributed by atoms with E-state index < -0.39 is 0 Å². The molecular formula is C57H39N3. The van der Waals surface area contributed by atoms with Gasteiger partial charge in [0.25, 0.3) is 0 Å². The summed E-state index contributed by atoms with van der Waals surface area (Å²) < 4.78 is 0. The Labute approximate surface area is 351 Å². The van der Waals surface area contributed by atoms with Gasteiger partial charge in [0.15, 0.2) is 0 Å². The first-order chi connectivity index (χ1) is 29.7. The van der Waals surface area contributed by atoms with Gasteiger partial charge in [-0.2, -0.15) is 0 Å². The summed E-state index contributed by atoms with van der Waals surface area (Å²) in [7, 11) is 0. The molecule has 0 amide bonds. The van der Waals surface area contributed by atoms with Gasteiger partial charge in [0.2, 0.25) is 0 Å². The summed E-state index contributed by atoms with van der Waals surface area (Å²) in [5.41, 5.74) is 18.4. The minimum Gasteiger partial charge on any atom is -0.248 e. The number of rotatable bonds is 9. The molecule has 0 N–H and O–H groups in total. The SMILES string of the molecule is c1ccc(-c2cc(-c3ccc(-c4cc(-c5ccccc5)nc(-c5ccccc5)c4)c(-c4cc(-c5ccccc5)nc(-c5ccccc5)c4)c3)cc(-c3ccccc3)n2)cc1. The van der Waals surface area contributed by atoms with Crippen LogP contribution in [0.2, 0.25) is 0 Å². The van der Waals surface area contributed by atoms with E-state index in [0.717, 1.165) is 101 Å². The summed E-state index contributed by atoms with van der Waals surface area (Å²) in [5, 5.41) is 0. The standard InChI is InChI=1S/C57H39N3/c1-7-19-40(20-8-1)52-34-47(35-53(58-52)41-21-9-2-10-22-41)46-31-32-50(48-36-54(42-23-11-3-12-24-42)59-55(37-48)43-25-13-4-14-26-43)51(33-46)49-38-56(44-27-15-5-16-28-44)60-57(39-49)45-29-17-6-18-30-45/h1-39H. The summed E-state index contributed by atoms with van der Waals surface area (Å²) >= 11 is 0. The molecule has 0 spiro atoms. The van der Waals surface area contributed by atoms with Crippen molar-refractivity contribution in [3.63, 3.8) is 0 Å². The second kappa shape index (κ2) is 16.5. The first-order valence-electron chi connectivity index (χ1n) is 20.3. The largest absolute Gasteiger partial charge is 0.248 e. The van der Waals surface area contributed by atoms with Gasteiger partial charge in [0.05, 0.1) is 34.2 Å². The normalized spacial score (nSPS) is 11.0. The summed E-state index contributed by atoms with van der Waals surface area (Å²) in [4.78, 5) is 15.7. The van der Waals surface area contributed by atoms with Gasteiger partial charge in [-0.15, -0.1) is 0 Å². The lowest BCUT2D eigenvalue weighted by Crippen LogP contribution is -1.96. The second-order valence-corrected chi connectivity index (χ2v) is 14.8. The van der Waals surface area contributed by atoms with Crippen LogP contribution in [-0.2, 0) is 0 Å². The second-order valence-electron chi connectivity index (χ2n) is 14.8. The van der Waals surface area contributed by atoms with Crippen LogP contribution in [0.5, 0.6) is 0 Å². The van der Waals surface area contributed by atoms with E-state index in [0.29, 0.717) is 0 Å². The summed E-state index contributed by atoms with van der Waals surface area (Å²) in [5.74, 6) is 0. The van der Waals surface area contributed by atoms with Crippen LogP contribution in [0.3, 0.4) is 0 Å². The molecule has 0 saturated carbocycles. The molecule has 0 aliphatic rings. The van der Waals surface area contributed by atoms with E-state index in [1.54, 1.807) is 0 Å². The molecule has 0 radical (unpaired) electrons. The highest BCUT2D eigenvalue weighted by atomic mass is 14.7. The fourth-order valence-electron chi connectivity index (χ4n) is 7.82. The number of aromatic nitrogens is 3. The molecule has 0 fully saturated rings. The summed E-state index contributed by atoms with van der Waals surface area (Å²) in [6.45, 7) is 0. The molecule has 3 nitrogen and oxygen atoms in total. The summed E-state index contributed by atoms with van der Waals surface area (Å²) in [6, 6.07) is 82.9. The van der Waals surface area contributed by atoms with E-state index in [1.807, 2.05) is 36.4 Å². The quantitative estimate of drug-likeness (QED) is 0.147. The molecule has 7 aromatic carbocycles. The zero-order chi connectivity index (χ0) is 40.1. The third kappa shape index (κ3) is 7.68. The number of benzene rings is 7. The van der Waals surface area contributed by atoms with Crippen molar-refractivity contribution in [2.75, 3.05) is 0 Å². The van der Waals surface area contributed by atoms with Crippen LogP contribution < -0.4 is 0 Å². The lowest BCUT2D eigenvalue weighted by atomic mass is 9.88. The predicted molar refractivity (Wildman–Crippen MR) is 249 cm³/mol. The van der Waals surface area contributed by atoms with Gasteiger partial charge >= 0.3 is 0 Å². The first-order valence-corrected chi connectivity index (χ1v) is 20.3. The van der Waals surface area contributed by atoms with E-state index >= 15 is 0 Å². The van der Waals surface area contributed by atoms with Crippen molar-refractivity contribution in [1.82, 2.24) is 15.0 Å². The number of nitrogens with zero attached hydrogens (tertiary/aromatic N) is 3. The van der Waals surface area contributed by atoms with Crippen LogP contribution >= 0.6 is 0 Å². The first kappa shape index (κ1) is 36.3. The van der Waals surface area contributed by atoms with Gasteiger partial charge < -0.3 is 0 Å². The van der Waals surface area contributed by atoms with E-state index in [9.17, 15) is 0 Å². The van der Waals surface area contributed by atoms with E-state index in [4.69, 9.17) is 15.0 Å². The van der Waals surface area contributed by atoms with Gasteiger partial charge in [0.1, 0.15) is 0 Å². The van der Waals surface area contributed by atoms with Gasteiger partial charge in [-0.05, 0) is 75.8 Å². The molecule has 10 rings (SSSR count). The Morgan fingerprint density at radius 1 is 0.167 bits per heavy atom. The number of hydrogen-bond donors (Lipinski definition) is 0. The fraction of sp³-hybridized carbons (Fsp3) is 0. The summed E-state index contributed by atoms with van der Waals surface area (Å²) in [6.07, 6.45) is 0. The van der Waals surface area contributed by atoms with Crippen molar-refractivity contribution in [3.05, 3.63) is 237 Å². The van der Waals surface area contributed by atoms with Crippen molar-refractivity contribution in [2.45, 2.75) is 0 Å². The van der Waals surface area contributed by atoms with Gasteiger partial charge in [-0.25, -0.2) is 15.0 Å². The van der Waals surface area contributed by atoms with Crippen LogP contribution in [0.25, 0.3) is 101 Å². The smallest absolute Gasteiger partial charge is 0.0715 e. The zero-order valence-electron chi connectivity index (χ0n) is 32.9. The molecule has 0 aliphatic carbocycles. The Balaban J connectivity index is 1.24. The maximum atomic E-state index is 5.26. The molecule has 282 valence electrons. The highest BCUT2D eigenvalue weighted by Gasteiger charge is 2.18. The predicted octanol–water partition coefficient (Wildman–Crippen LogP) is 14.9. The van der Waals surface area contributed by atoms with E-state index in [1.165, 1.54) is 0 Å². The van der Waals surface area contributed by atoms with Gasteiger partial charge in [-0.3, -0.25) is 0 Å². The minimum absolute atomic E-state index is 0.912. The average molecular weight is 766 g/mol. The van der Waals surface area contributed by atoms with Crippen LogP contribution in [0.1, 0.15) is 0 Å². The maximum absolute atomic E-state index is 5.26. The molecule has 3 heterocycles. The third-order valence-electron chi connectivity index (χ3n) is 10.9. The highest BCUT2D eigenvalue weighted by Crippen LogP contribution is 2.41. The van der Waals surface area contributed by atoms with Crippen molar-refractivity contribution < 1.29 is 0 Å². The lowest BCUT2D eigenvalue weighted by Gasteiger charge is -2.18. The molecule has 0 atom stereocenters. The molecule has 3 aromatic heterocycles. The molecule has 0 bridgehead atoms. The zero-order valence-corrected chi connectivity index (χ0v) is 32.9.